The molecule has 1 heteroatoms. The third-order valence-electron chi connectivity index (χ3n) is 3.44. The van der Waals surface area contributed by atoms with Crippen LogP contribution < -0.4 is 5.32 Å². The van der Waals surface area contributed by atoms with Gasteiger partial charge in [-0.2, -0.15) is 0 Å². The van der Waals surface area contributed by atoms with Gasteiger partial charge in [-0.25, -0.2) is 0 Å². The number of rotatable bonds is 0. The lowest BCUT2D eigenvalue weighted by Gasteiger charge is -2.37. The van der Waals surface area contributed by atoms with E-state index in [0.29, 0.717) is 5.41 Å². The average Bonchev–Trinajstić information content (AvgIpc) is 2.31. The second kappa shape index (κ2) is 2.48. The van der Waals surface area contributed by atoms with E-state index in [4.69, 9.17) is 0 Å². The van der Waals surface area contributed by atoms with E-state index >= 15 is 0 Å². The van der Waals surface area contributed by atoms with Crippen LogP contribution in [0.3, 0.4) is 0 Å². The molecule has 2 aliphatic rings. The molecule has 1 heterocycles. The van der Waals surface area contributed by atoms with E-state index in [1.165, 1.54) is 32.2 Å². The maximum atomic E-state index is 3.60. The van der Waals surface area contributed by atoms with Gasteiger partial charge in [0.25, 0.3) is 0 Å². The topological polar surface area (TPSA) is 12.0 Å². The first kappa shape index (κ1) is 7.60. The minimum absolute atomic E-state index is 0.632. The largest absolute Gasteiger partial charge is 0.314 e. The van der Waals surface area contributed by atoms with Gasteiger partial charge in [0.2, 0.25) is 0 Å². The summed E-state index contributed by atoms with van der Waals surface area (Å²) in [6.07, 6.45) is 5.71. The van der Waals surface area contributed by atoms with E-state index in [1.807, 2.05) is 0 Å². The molecule has 0 aromatic rings. The third kappa shape index (κ3) is 1.44. The van der Waals surface area contributed by atoms with Crippen LogP contribution in [0.5, 0.6) is 0 Å². The molecule has 1 aliphatic heterocycles. The molecule has 1 N–H and O–H groups in total. The van der Waals surface area contributed by atoms with Crippen LogP contribution in [0.4, 0.5) is 0 Å². The summed E-state index contributed by atoms with van der Waals surface area (Å²) in [5.74, 6) is 0.999. The summed E-state index contributed by atoms with van der Waals surface area (Å²) in [6, 6.07) is 0.878. The number of hydrogen-bond acceptors (Lipinski definition) is 1. The minimum atomic E-state index is 0.632. The molecule has 0 radical (unpaired) electrons. The summed E-state index contributed by atoms with van der Waals surface area (Å²) in [7, 11) is 0. The fraction of sp³-hybridized carbons (Fsp3) is 1.00. The predicted octanol–water partition coefficient (Wildman–Crippen LogP) is 2.17. The van der Waals surface area contributed by atoms with Gasteiger partial charge in [-0.05, 0) is 43.6 Å². The van der Waals surface area contributed by atoms with Gasteiger partial charge in [-0.3, -0.25) is 0 Å². The number of hydrogen-bond donors (Lipinski definition) is 1. The van der Waals surface area contributed by atoms with Crippen LogP contribution in [-0.2, 0) is 0 Å². The Balaban J connectivity index is 2.02. The number of nitrogens with one attached hydrogen (secondary N) is 1. The van der Waals surface area contributed by atoms with E-state index in [0.717, 1.165) is 12.0 Å². The van der Waals surface area contributed by atoms with Gasteiger partial charge in [0.1, 0.15) is 0 Å². The zero-order valence-corrected chi connectivity index (χ0v) is 7.69. The third-order valence-corrected chi connectivity index (χ3v) is 3.44. The maximum Gasteiger partial charge on any atom is 0.00962 e. The van der Waals surface area contributed by atoms with E-state index in [9.17, 15) is 0 Å². The summed E-state index contributed by atoms with van der Waals surface area (Å²) in [5.41, 5.74) is 0.632. The Morgan fingerprint density at radius 1 is 1.27 bits per heavy atom. The molecule has 1 saturated carbocycles. The molecule has 2 fully saturated rings. The van der Waals surface area contributed by atoms with E-state index in [1.54, 1.807) is 0 Å². The van der Waals surface area contributed by atoms with Gasteiger partial charge < -0.3 is 5.32 Å². The average molecular weight is 153 g/mol. The molecule has 2 atom stereocenters. The molecule has 0 aromatic carbocycles. The minimum Gasteiger partial charge on any atom is -0.314 e. The molecular weight excluding hydrogens is 134 g/mol. The van der Waals surface area contributed by atoms with Crippen LogP contribution >= 0.6 is 0 Å². The molecule has 11 heavy (non-hydrogen) atoms. The second-order valence-electron chi connectivity index (χ2n) is 5.02. The Kier molecular flexibility index (Phi) is 1.71. The van der Waals surface area contributed by atoms with E-state index in [2.05, 4.69) is 19.2 Å². The van der Waals surface area contributed by atoms with Crippen LogP contribution in [0.25, 0.3) is 0 Å². The highest BCUT2D eigenvalue weighted by atomic mass is 15.0. The Bertz CT molecular complexity index is 151. The van der Waals surface area contributed by atoms with E-state index < -0.39 is 0 Å². The van der Waals surface area contributed by atoms with Gasteiger partial charge in [0, 0.05) is 6.04 Å². The monoisotopic (exact) mass is 153 g/mol. The van der Waals surface area contributed by atoms with Crippen molar-refractivity contribution in [2.75, 3.05) is 6.54 Å². The van der Waals surface area contributed by atoms with Crippen molar-refractivity contribution in [3.8, 4) is 0 Å². The van der Waals surface area contributed by atoms with Crippen molar-refractivity contribution in [2.24, 2.45) is 11.3 Å². The molecule has 64 valence electrons. The van der Waals surface area contributed by atoms with Gasteiger partial charge in [0.05, 0.1) is 0 Å². The summed E-state index contributed by atoms with van der Waals surface area (Å²) in [4.78, 5) is 0. The van der Waals surface area contributed by atoms with Crippen molar-refractivity contribution in [3.63, 3.8) is 0 Å². The Hall–Kier alpha value is -0.0400. The zero-order valence-electron chi connectivity index (χ0n) is 7.69. The van der Waals surface area contributed by atoms with Gasteiger partial charge >= 0.3 is 0 Å². The lowest BCUT2D eigenvalue weighted by molar-refractivity contribution is 0.166. The van der Waals surface area contributed by atoms with Gasteiger partial charge in [-0.1, -0.05) is 13.8 Å². The molecular formula is C10H19N. The molecule has 0 bridgehead atoms. The number of fused-ring (bicyclic) bond motifs is 1. The van der Waals surface area contributed by atoms with Crippen LogP contribution in [0.1, 0.15) is 39.5 Å². The second-order valence-corrected chi connectivity index (χ2v) is 5.02. The Morgan fingerprint density at radius 3 is 2.91 bits per heavy atom. The van der Waals surface area contributed by atoms with Gasteiger partial charge in [0.15, 0.2) is 0 Å². The van der Waals surface area contributed by atoms with Crippen LogP contribution in [0.15, 0.2) is 0 Å². The molecule has 0 amide bonds. The summed E-state index contributed by atoms with van der Waals surface area (Å²) >= 11 is 0. The molecule has 0 spiro atoms. The highest BCUT2D eigenvalue weighted by Crippen LogP contribution is 2.41. The van der Waals surface area contributed by atoms with Crippen LogP contribution in [-0.4, -0.2) is 12.6 Å². The summed E-state index contributed by atoms with van der Waals surface area (Å²) < 4.78 is 0. The molecule has 2 unspecified atom stereocenters. The smallest absolute Gasteiger partial charge is 0.00962 e. The van der Waals surface area contributed by atoms with Crippen LogP contribution in [0.2, 0.25) is 0 Å². The lowest BCUT2D eigenvalue weighted by Crippen LogP contribution is -2.35. The fourth-order valence-corrected chi connectivity index (χ4v) is 2.76. The van der Waals surface area contributed by atoms with E-state index in [-0.39, 0.29) is 0 Å². The first-order chi connectivity index (χ1) is 5.17. The molecule has 1 nitrogen and oxygen atoms in total. The summed E-state index contributed by atoms with van der Waals surface area (Å²) in [5, 5.41) is 3.60. The van der Waals surface area contributed by atoms with Crippen molar-refractivity contribution in [3.05, 3.63) is 0 Å². The van der Waals surface area contributed by atoms with Crippen molar-refractivity contribution >= 4 is 0 Å². The van der Waals surface area contributed by atoms with Crippen molar-refractivity contribution in [2.45, 2.75) is 45.6 Å². The maximum absolute atomic E-state index is 3.60. The lowest BCUT2D eigenvalue weighted by atomic mass is 9.70. The first-order valence-electron chi connectivity index (χ1n) is 4.91. The molecule has 1 aliphatic carbocycles. The van der Waals surface area contributed by atoms with Gasteiger partial charge in [-0.15, -0.1) is 0 Å². The quantitative estimate of drug-likeness (QED) is 0.562. The zero-order chi connectivity index (χ0) is 7.90. The fourth-order valence-electron chi connectivity index (χ4n) is 2.76. The Labute approximate surface area is 69.6 Å². The molecule has 1 saturated heterocycles. The standard InChI is InChI=1S/C10H19N/c1-10(2)5-3-9-8(7-10)4-6-11-9/h8-9,11H,3-7H2,1-2H3. The predicted molar refractivity (Wildman–Crippen MR) is 47.5 cm³/mol. The molecule has 2 rings (SSSR count). The highest BCUT2D eigenvalue weighted by Gasteiger charge is 2.36. The molecule has 0 aromatic heterocycles. The normalized spacial score (nSPS) is 42.0. The van der Waals surface area contributed by atoms with Crippen LogP contribution in [0, 0.1) is 11.3 Å². The first-order valence-corrected chi connectivity index (χ1v) is 4.91. The van der Waals surface area contributed by atoms with Crippen molar-refractivity contribution < 1.29 is 0 Å². The Morgan fingerprint density at radius 2 is 2.09 bits per heavy atom. The van der Waals surface area contributed by atoms with Crippen molar-refractivity contribution in [1.29, 1.82) is 0 Å². The highest BCUT2D eigenvalue weighted by molar-refractivity contribution is 4.92. The SMILES string of the molecule is CC1(C)CCC2NCCC2C1. The van der Waals surface area contributed by atoms with Crippen molar-refractivity contribution in [1.82, 2.24) is 5.32 Å². The summed E-state index contributed by atoms with van der Waals surface area (Å²) in [6.45, 7) is 6.11.